The van der Waals surface area contributed by atoms with Gasteiger partial charge in [0.2, 0.25) is 0 Å². The van der Waals surface area contributed by atoms with Gasteiger partial charge in [-0.2, -0.15) is 0 Å². The molecule has 2 aliphatic heterocycles. The molecule has 0 radical (unpaired) electrons. The molecule has 0 amide bonds. The van der Waals surface area contributed by atoms with Gasteiger partial charge in [-0.15, -0.1) is 0 Å². The molecule has 0 spiro atoms. The van der Waals surface area contributed by atoms with Crippen molar-refractivity contribution in [1.82, 2.24) is 9.80 Å². The standard InChI is InChI=1S/C55H48N2O5/c1-37-13-9-11-19-45(37)51-47(33-56(29-31-58)35-49(51)54(61)41-15-5-3-6-16-41)39-21-25-43(26-22-39)53(60)44-27-23-40(24-28-44)48-34-57(30-32-59)36-50(55(62)42-17-7-4-8-18-42)52(48)46-20-12-10-14-38(46)2/h3-28,33-36,51-52,58-59H,29-32H2,1-2H3. The van der Waals surface area contributed by atoms with Crippen molar-refractivity contribution < 1.29 is 24.6 Å². The summed E-state index contributed by atoms with van der Waals surface area (Å²) in [6, 6.07) is 49.6. The molecule has 2 unspecified atom stereocenters. The van der Waals surface area contributed by atoms with Crippen molar-refractivity contribution in [2.75, 3.05) is 26.3 Å². The molecule has 0 aromatic heterocycles. The number of aryl methyl sites for hydroxylation is 2. The van der Waals surface area contributed by atoms with Crippen molar-refractivity contribution in [3.63, 3.8) is 0 Å². The summed E-state index contributed by atoms with van der Waals surface area (Å²) in [6.07, 6.45) is 7.68. The number of Topliss-reactive ketones (excluding diaryl/α,β-unsaturated/α-hetero) is 2. The first kappa shape index (κ1) is 41.5. The third kappa shape index (κ3) is 8.54. The van der Waals surface area contributed by atoms with Crippen LogP contribution in [0.25, 0.3) is 11.1 Å². The molecular weight excluding hydrogens is 769 g/mol. The summed E-state index contributed by atoms with van der Waals surface area (Å²) in [7, 11) is 0. The summed E-state index contributed by atoms with van der Waals surface area (Å²) in [6.45, 7) is 4.52. The van der Waals surface area contributed by atoms with Crippen LogP contribution in [0.1, 0.15) is 81.9 Å². The van der Waals surface area contributed by atoms with Crippen LogP contribution >= 0.6 is 0 Å². The molecule has 6 aromatic rings. The predicted octanol–water partition coefficient (Wildman–Crippen LogP) is 9.93. The number of benzene rings is 6. The monoisotopic (exact) mass is 816 g/mol. The van der Waals surface area contributed by atoms with Gasteiger partial charge in [0.25, 0.3) is 0 Å². The number of hydrogen-bond acceptors (Lipinski definition) is 7. The lowest BCUT2D eigenvalue weighted by molar-refractivity contribution is 0.101. The molecule has 0 saturated carbocycles. The van der Waals surface area contributed by atoms with Crippen LogP contribution in [0, 0.1) is 13.8 Å². The van der Waals surface area contributed by atoms with E-state index in [1.165, 1.54) is 0 Å². The second kappa shape index (κ2) is 18.6. The van der Waals surface area contributed by atoms with Gasteiger partial charge in [-0.05, 0) is 58.4 Å². The maximum Gasteiger partial charge on any atom is 0.193 e. The first-order valence-corrected chi connectivity index (χ1v) is 20.9. The Morgan fingerprint density at radius 1 is 0.419 bits per heavy atom. The van der Waals surface area contributed by atoms with Gasteiger partial charge in [-0.1, -0.05) is 158 Å². The molecule has 62 heavy (non-hydrogen) atoms. The van der Waals surface area contributed by atoms with Crippen LogP contribution in [0.15, 0.2) is 194 Å². The van der Waals surface area contributed by atoms with E-state index in [0.717, 1.165) is 44.5 Å². The first-order chi connectivity index (χ1) is 30.2. The van der Waals surface area contributed by atoms with Crippen molar-refractivity contribution >= 4 is 28.5 Å². The largest absolute Gasteiger partial charge is 0.395 e. The molecule has 7 heteroatoms. The van der Waals surface area contributed by atoms with Gasteiger partial charge in [-0.3, -0.25) is 14.4 Å². The summed E-state index contributed by atoms with van der Waals surface area (Å²) in [4.78, 5) is 46.4. The van der Waals surface area contributed by atoms with E-state index in [9.17, 15) is 24.6 Å². The van der Waals surface area contributed by atoms with Crippen molar-refractivity contribution in [2.45, 2.75) is 25.7 Å². The highest BCUT2D eigenvalue weighted by Crippen LogP contribution is 2.45. The second-order valence-electron chi connectivity index (χ2n) is 15.7. The summed E-state index contributed by atoms with van der Waals surface area (Å²) >= 11 is 0. The van der Waals surface area contributed by atoms with E-state index >= 15 is 0 Å². The fourth-order valence-corrected chi connectivity index (χ4v) is 8.57. The number of allylic oxidation sites excluding steroid dienone is 4. The van der Waals surface area contributed by atoms with Crippen LogP contribution in [0.5, 0.6) is 0 Å². The number of carbonyl (C=O) groups is 3. The predicted molar refractivity (Wildman–Crippen MR) is 245 cm³/mol. The molecule has 8 rings (SSSR count). The summed E-state index contributed by atoms with van der Waals surface area (Å²) in [5.41, 5.74) is 11.0. The number of β-amino-alcohol motifs (C(OH)–C–C–N with tert-alkyl or cyclic N) is 2. The Labute approximate surface area is 362 Å². The smallest absolute Gasteiger partial charge is 0.193 e. The Bertz CT molecular complexity index is 2540. The molecule has 308 valence electrons. The number of aliphatic hydroxyl groups excluding tert-OH is 2. The highest BCUT2D eigenvalue weighted by Gasteiger charge is 2.34. The van der Waals surface area contributed by atoms with Gasteiger partial charge < -0.3 is 20.0 Å². The highest BCUT2D eigenvalue weighted by molar-refractivity contribution is 6.13. The van der Waals surface area contributed by atoms with E-state index in [1.54, 1.807) is 0 Å². The van der Waals surface area contributed by atoms with Gasteiger partial charge in [0.15, 0.2) is 17.3 Å². The Kier molecular flexibility index (Phi) is 12.5. The van der Waals surface area contributed by atoms with Crippen molar-refractivity contribution in [2.24, 2.45) is 0 Å². The van der Waals surface area contributed by atoms with E-state index in [4.69, 9.17) is 0 Å². The zero-order valence-electron chi connectivity index (χ0n) is 34.8. The Balaban J connectivity index is 1.11. The quantitative estimate of drug-likeness (QED) is 0.106. The van der Waals surface area contributed by atoms with E-state index in [1.807, 2.05) is 194 Å². The zero-order chi connectivity index (χ0) is 43.2. The van der Waals surface area contributed by atoms with E-state index in [0.29, 0.717) is 46.5 Å². The lowest BCUT2D eigenvalue weighted by Crippen LogP contribution is -2.26. The molecular formula is C55H48N2O5. The Morgan fingerprint density at radius 2 is 0.758 bits per heavy atom. The molecule has 0 saturated heterocycles. The fourth-order valence-electron chi connectivity index (χ4n) is 8.57. The normalized spacial score (nSPS) is 16.2. The van der Waals surface area contributed by atoms with Crippen LogP contribution < -0.4 is 0 Å². The number of ketones is 3. The van der Waals surface area contributed by atoms with Gasteiger partial charge in [0, 0.05) is 83.1 Å². The lowest BCUT2D eigenvalue weighted by atomic mass is 9.76. The molecule has 6 aromatic carbocycles. The van der Waals surface area contributed by atoms with Crippen molar-refractivity contribution in [3.05, 3.63) is 249 Å². The highest BCUT2D eigenvalue weighted by atomic mass is 16.3. The molecule has 0 aliphatic carbocycles. The minimum Gasteiger partial charge on any atom is -0.395 e. The number of rotatable bonds is 14. The van der Waals surface area contributed by atoms with Crippen LogP contribution in [-0.2, 0) is 0 Å². The molecule has 2 N–H and O–H groups in total. The Hall–Kier alpha value is -7.19. The fraction of sp³-hybridized carbons (Fsp3) is 0.145. The van der Waals surface area contributed by atoms with Gasteiger partial charge in [-0.25, -0.2) is 0 Å². The third-order valence-electron chi connectivity index (χ3n) is 11.7. The number of hydrogen-bond donors (Lipinski definition) is 2. The summed E-state index contributed by atoms with van der Waals surface area (Å²) in [5.74, 6) is -1.11. The number of nitrogens with zero attached hydrogens (tertiary/aromatic N) is 2. The van der Waals surface area contributed by atoms with Gasteiger partial charge in [0.1, 0.15) is 0 Å². The second-order valence-corrected chi connectivity index (χ2v) is 15.7. The van der Waals surface area contributed by atoms with Gasteiger partial charge in [0.05, 0.1) is 13.2 Å². The molecule has 2 heterocycles. The van der Waals surface area contributed by atoms with Crippen LogP contribution in [0.2, 0.25) is 0 Å². The average molecular weight is 817 g/mol. The van der Waals surface area contributed by atoms with Crippen molar-refractivity contribution in [3.8, 4) is 0 Å². The van der Waals surface area contributed by atoms with Crippen LogP contribution in [0.4, 0.5) is 0 Å². The number of aliphatic hydroxyl groups is 2. The van der Waals surface area contributed by atoms with Gasteiger partial charge >= 0.3 is 0 Å². The summed E-state index contributed by atoms with van der Waals surface area (Å²) < 4.78 is 0. The molecule has 2 aliphatic rings. The maximum atomic E-state index is 14.2. The van der Waals surface area contributed by atoms with Crippen molar-refractivity contribution in [1.29, 1.82) is 0 Å². The average Bonchev–Trinajstić information content (AvgIpc) is 3.32. The third-order valence-corrected chi connectivity index (χ3v) is 11.7. The zero-order valence-corrected chi connectivity index (χ0v) is 34.8. The van der Waals surface area contributed by atoms with Crippen LogP contribution in [-0.4, -0.2) is 63.7 Å². The minimum atomic E-state index is -0.391. The SMILES string of the molecule is Cc1ccccc1C1C(C(=O)c2ccccc2)=CN(CCO)C=C1c1ccc(C(=O)c2ccc(C3=CN(CCO)C=C(C(=O)c4ccccc4)C3c3ccccc3C)cc2)cc1. The van der Waals surface area contributed by atoms with E-state index in [2.05, 4.69) is 12.1 Å². The molecule has 0 bridgehead atoms. The van der Waals surface area contributed by atoms with E-state index < -0.39 is 11.8 Å². The molecule has 2 atom stereocenters. The topological polar surface area (TPSA) is 98.2 Å². The Morgan fingerprint density at radius 3 is 1.11 bits per heavy atom. The first-order valence-electron chi connectivity index (χ1n) is 20.9. The molecule has 0 fully saturated rings. The lowest BCUT2D eigenvalue weighted by Gasteiger charge is -2.33. The minimum absolute atomic E-state index is 0.0898. The van der Waals surface area contributed by atoms with E-state index in [-0.39, 0.29) is 30.6 Å². The summed E-state index contributed by atoms with van der Waals surface area (Å²) in [5, 5.41) is 19.9. The van der Waals surface area contributed by atoms with Crippen LogP contribution in [0.3, 0.4) is 0 Å². The maximum absolute atomic E-state index is 14.2. The molecule has 7 nitrogen and oxygen atoms in total. The number of carbonyl (C=O) groups excluding carboxylic acids is 3.